The maximum absolute atomic E-state index is 12.5. The Morgan fingerprint density at radius 2 is 2.25 bits per heavy atom. The Kier molecular flexibility index (Phi) is 2.06. The van der Waals surface area contributed by atoms with Gasteiger partial charge in [-0.3, -0.25) is 4.79 Å². The van der Waals surface area contributed by atoms with Gasteiger partial charge in [-0.15, -0.1) is 0 Å². The van der Waals surface area contributed by atoms with Crippen molar-refractivity contribution in [3.63, 3.8) is 0 Å². The molecule has 0 bridgehead atoms. The van der Waals surface area contributed by atoms with Gasteiger partial charge < -0.3 is 5.73 Å². The molecule has 1 rings (SSSR count). The van der Waals surface area contributed by atoms with E-state index >= 15 is 0 Å². The predicted octanol–water partition coefficient (Wildman–Crippen LogP) is 0.796. The van der Waals surface area contributed by atoms with E-state index in [2.05, 4.69) is 0 Å². The quantitative estimate of drug-likeness (QED) is 0.666. The molecule has 0 aliphatic heterocycles. The average molecular weight is 164 g/mol. The SMILES string of the molecule is N#Cc1ccc(F)cc1C(N)=O. The van der Waals surface area contributed by atoms with Crippen molar-refractivity contribution in [1.29, 1.82) is 5.26 Å². The lowest BCUT2D eigenvalue weighted by atomic mass is 10.1. The Hall–Kier alpha value is -1.89. The van der Waals surface area contributed by atoms with Gasteiger partial charge in [0.05, 0.1) is 17.2 Å². The summed E-state index contributed by atoms with van der Waals surface area (Å²) < 4.78 is 12.5. The monoisotopic (exact) mass is 164 g/mol. The summed E-state index contributed by atoms with van der Waals surface area (Å²) in [4.78, 5) is 10.6. The van der Waals surface area contributed by atoms with Crippen LogP contribution in [0.15, 0.2) is 18.2 Å². The number of primary amides is 1. The minimum absolute atomic E-state index is 0.0856. The summed E-state index contributed by atoms with van der Waals surface area (Å²) in [6.07, 6.45) is 0. The Bertz CT molecular complexity index is 368. The normalized spacial score (nSPS) is 9.00. The van der Waals surface area contributed by atoms with Gasteiger partial charge in [-0.05, 0) is 18.2 Å². The molecule has 1 aromatic rings. The third-order valence-electron chi connectivity index (χ3n) is 1.37. The predicted molar refractivity (Wildman–Crippen MR) is 39.6 cm³/mol. The fraction of sp³-hybridized carbons (Fsp3) is 0. The molecule has 0 unspecified atom stereocenters. The van der Waals surface area contributed by atoms with Crippen LogP contribution in [0.4, 0.5) is 4.39 Å². The Morgan fingerprint density at radius 3 is 2.75 bits per heavy atom. The molecule has 0 aliphatic carbocycles. The summed E-state index contributed by atoms with van der Waals surface area (Å²) in [6.45, 7) is 0. The van der Waals surface area contributed by atoms with E-state index in [0.717, 1.165) is 12.1 Å². The summed E-state index contributed by atoms with van der Waals surface area (Å²) in [5, 5.41) is 8.48. The third kappa shape index (κ3) is 1.40. The number of rotatable bonds is 1. The van der Waals surface area contributed by atoms with Crippen LogP contribution >= 0.6 is 0 Å². The first kappa shape index (κ1) is 8.21. The van der Waals surface area contributed by atoms with Crippen LogP contribution in [-0.2, 0) is 0 Å². The number of halogens is 1. The standard InChI is InChI=1S/C8H5FN2O/c9-6-2-1-5(4-10)7(3-6)8(11)12/h1-3H,(H2,11,12). The molecule has 0 heterocycles. The van der Waals surface area contributed by atoms with E-state index in [1.807, 2.05) is 0 Å². The van der Waals surface area contributed by atoms with Crippen LogP contribution in [0.3, 0.4) is 0 Å². The zero-order valence-corrected chi connectivity index (χ0v) is 6.04. The first-order valence-corrected chi connectivity index (χ1v) is 3.14. The van der Waals surface area contributed by atoms with Crippen molar-refractivity contribution in [2.75, 3.05) is 0 Å². The number of nitrogens with two attached hydrogens (primary N) is 1. The van der Waals surface area contributed by atoms with Gasteiger partial charge in [0, 0.05) is 0 Å². The lowest BCUT2D eigenvalue weighted by Gasteiger charge is -1.97. The van der Waals surface area contributed by atoms with Crippen LogP contribution in [0, 0.1) is 17.1 Å². The summed E-state index contributed by atoms with van der Waals surface area (Å²) in [5.74, 6) is -1.38. The van der Waals surface area contributed by atoms with Crippen molar-refractivity contribution < 1.29 is 9.18 Å². The largest absolute Gasteiger partial charge is 0.366 e. The molecule has 1 aromatic carbocycles. The third-order valence-corrected chi connectivity index (χ3v) is 1.37. The molecule has 0 radical (unpaired) electrons. The number of benzene rings is 1. The van der Waals surface area contributed by atoms with Crippen molar-refractivity contribution in [2.45, 2.75) is 0 Å². The highest BCUT2D eigenvalue weighted by Gasteiger charge is 2.07. The molecular weight excluding hydrogens is 159 g/mol. The molecule has 1 amide bonds. The van der Waals surface area contributed by atoms with E-state index in [0.29, 0.717) is 0 Å². The van der Waals surface area contributed by atoms with Gasteiger partial charge in [0.25, 0.3) is 0 Å². The summed E-state index contributed by atoms with van der Waals surface area (Å²) in [5.41, 5.74) is 4.90. The van der Waals surface area contributed by atoms with Crippen molar-refractivity contribution >= 4 is 5.91 Å². The highest BCUT2D eigenvalue weighted by molar-refractivity contribution is 5.95. The number of hydrogen-bond donors (Lipinski definition) is 1. The van der Waals surface area contributed by atoms with Crippen molar-refractivity contribution in [3.05, 3.63) is 35.1 Å². The van der Waals surface area contributed by atoms with Gasteiger partial charge in [0.15, 0.2) is 0 Å². The molecule has 0 atom stereocenters. The lowest BCUT2D eigenvalue weighted by molar-refractivity contribution is 0.0999. The Labute approximate surface area is 68.2 Å². The second-order valence-electron chi connectivity index (χ2n) is 2.17. The molecule has 0 spiro atoms. The van der Waals surface area contributed by atoms with Crippen LogP contribution < -0.4 is 5.73 Å². The molecule has 60 valence electrons. The molecule has 0 fully saturated rings. The highest BCUT2D eigenvalue weighted by atomic mass is 19.1. The Morgan fingerprint density at radius 1 is 1.58 bits per heavy atom. The molecule has 4 heteroatoms. The fourth-order valence-electron chi connectivity index (χ4n) is 0.818. The van der Waals surface area contributed by atoms with Crippen molar-refractivity contribution in [3.8, 4) is 6.07 Å². The van der Waals surface area contributed by atoms with Crippen molar-refractivity contribution in [1.82, 2.24) is 0 Å². The van der Waals surface area contributed by atoms with E-state index in [1.54, 1.807) is 6.07 Å². The van der Waals surface area contributed by atoms with Crippen molar-refractivity contribution in [2.24, 2.45) is 5.73 Å². The summed E-state index contributed by atoms with van der Waals surface area (Å²) >= 11 is 0. The zero-order valence-electron chi connectivity index (χ0n) is 6.04. The van der Waals surface area contributed by atoms with E-state index in [9.17, 15) is 9.18 Å². The first-order chi connectivity index (χ1) is 5.65. The number of hydrogen-bond acceptors (Lipinski definition) is 2. The van der Waals surface area contributed by atoms with Gasteiger partial charge in [0.1, 0.15) is 5.82 Å². The van der Waals surface area contributed by atoms with Crippen LogP contribution in [0.1, 0.15) is 15.9 Å². The maximum Gasteiger partial charge on any atom is 0.250 e. The minimum Gasteiger partial charge on any atom is -0.366 e. The summed E-state index contributed by atoms with van der Waals surface area (Å²) in [7, 11) is 0. The maximum atomic E-state index is 12.5. The van der Waals surface area contributed by atoms with Gasteiger partial charge in [-0.1, -0.05) is 0 Å². The van der Waals surface area contributed by atoms with Crippen LogP contribution in [0.5, 0.6) is 0 Å². The van der Waals surface area contributed by atoms with E-state index in [1.165, 1.54) is 6.07 Å². The lowest BCUT2D eigenvalue weighted by Crippen LogP contribution is -2.13. The second-order valence-corrected chi connectivity index (χ2v) is 2.17. The van der Waals surface area contributed by atoms with E-state index < -0.39 is 11.7 Å². The Balaban J connectivity index is 3.34. The second kappa shape index (κ2) is 3.01. The average Bonchev–Trinajstić information content (AvgIpc) is 2.04. The number of amides is 1. The van der Waals surface area contributed by atoms with E-state index in [-0.39, 0.29) is 11.1 Å². The van der Waals surface area contributed by atoms with Crippen LogP contribution in [0.2, 0.25) is 0 Å². The molecular formula is C8H5FN2O. The van der Waals surface area contributed by atoms with E-state index in [4.69, 9.17) is 11.0 Å². The highest BCUT2D eigenvalue weighted by Crippen LogP contribution is 2.08. The molecule has 2 N–H and O–H groups in total. The number of nitrogens with zero attached hydrogens (tertiary/aromatic N) is 1. The first-order valence-electron chi connectivity index (χ1n) is 3.14. The molecule has 0 saturated carbocycles. The smallest absolute Gasteiger partial charge is 0.250 e. The zero-order chi connectivity index (χ0) is 9.14. The fourth-order valence-corrected chi connectivity index (χ4v) is 0.818. The van der Waals surface area contributed by atoms with Gasteiger partial charge in [-0.2, -0.15) is 5.26 Å². The molecule has 0 saturated heterocycles. The van der Waals surface area contributed by atoms with Crippen LogP contribution in [-0.4, -0.2) is 5.91 Å². The molecule has 0 aromatic heterocycles. The number of carbonyl (C=O) groups is 1. The number of nitriles is 1. The van der Waals surface area contributed by atoms with Gasteiger partial charge in [-0.25, -0.2) is 4.39 Å². The number of carbonyl (C=O) groups excluding carboxylic acids is 1. The summed E-state index contributed by atoms with van der Waals surface area (Å²) in [6, 6.07) is 5.00. The topological polar surface area (TPSA) is 66.9 Å². The van der Waals surface area contributed by atoms with Crippen LogP contribution in [0.25, 0.3) is 0 Å². The minimum atomic E-state index is -0.800. The van der Waals surface area contributed by atoms with Gasteiger partial charge >= 0.3 is 0 Å². The molecule has 0 aliphatic rings. The molecule has 12 heavy (non-hydrogen) atoms. The molecule has 3 nitrogen and oxygen atoms in total. The van der Waals surface area contributed by atoms with Gasteiger partial charge in [0.2, 0.25) is 5.91 Å².